The van der Waals surface area contributed by atoms with Crippen LogP contribution in [0.5, 0.6) is 11.5 Å². The molecule has 0 fully saturated rings. The molecule has 0 saturated carbocycles. The smallest absolute Gasteiger partial charge is 0.416 e. The fourth-order valence-corrected chi connectivity index (χ4v) is 6.83. The van der Waals surface area contributed by atoms with Crippen molar-refractivity contribution in [3.8, 4) is 11.5 Å². The van der Waals surface area contributed by atoms with E-state index in [0.717, 1.165) is 23.3 Å². The summed E-state index contributed by atoms with van der Waals surface area (Å²) in [7, 11) is -2.07. The van der Waals surface area contributed by atoms with Crippen molar-refractivity contribution in [2.45, 2.75) is 39.7 Å². The van der Waals surface area contributed by atoms with Crippen molar-refractivity contribution in [1.29, 1.82) is 0 Å². The Kier molecular flexibility index (Phi) is 7.40. The predicted octanol–water partition coefficient (Wildman–Crippen LogP) is 5.19. The van der Waals surface area contributed by atoms with Crippen LogP contribution in [-0.2, 0) is 17.6 Å². The van der Waals surface area contributed by atoms with E-state index in [4.69, 9.17) is 14.6 Å². The number of aliphatic carboxylic acids is 1. The predicted molar refractivity (Wildman–Crippen MR) is 128 cm³/mol. The fraction of sp³-hybridized carbons (Fsp3) is 0.269. The maximum Gasteiger partial charge on any atom is 0.416 e. The third-order valence-electron chi connectivity index (χ3n) is 5.81. The molecule has 3 aromatic rings. The number of alkyl halides is 3. The van der Waals surface area contributed by atoms with Gasteiger partial charge in [0.2, 0.25) is 0 Å². The van der Waals surface area contributed by atoms with E-state index in [1.165, 1.54) is 22.5 Å². The second-order valence-electron chi connectivity index (χ2n) is 8.75. The Balaban J connectivity index is 1.73. The van der Waals surface area contributed by atoms with E-state index >= 15 is 0 Å². The van der Waals surface area contributed by atoms with E-state index < -0.39 is 25.8 Å². The van der Waals surface area contributed by atoms with Gasteiger partial charge in [0.15, 0.2) is 6.61 Å². The number of carbonyl (C=O) groups is 1. The molecule has 0 spiro atoms. The van der Waals surface area contributed by atoms with E-state index in [1.54, 1.807) is 0 Å². The summed E-state index contributed by atoms with van der Waals surface area (Å²) in [5.41, 5.74) is 1.93. The van der Waals surface area contributed by atoms with E-state index in [2.05, 4.69) is 19.2 Å². The van der Waals surface area contributed by atoms with Crippen LogP contribution >= 0.6 is 0 Å². The first-order valence-corrected chi connectivity index (χ1v) is 13.7. The van der Waals surface area contributed by atoms with Gasteiger partial charge in [-0.3, -0.25) is 0 Å². The van der Waals surface area contributed by atoms with E-state index in [1.807, 2.05) is 44.2 Å². The number of carboxylic acid groups (broad SMARTS) is 1. The van der Waals surface area contributed by atoms with Gasteiger partial charge in [-0.15, -0.1) is 0 Å². The summed E-state index contributed by atoms with van der Waals surface area (Å²) < 4.78 is 49.3. The number of aryl methyl sites for hydroxylation is 2. The van der Waals surface area contributed by atoms with Gasteiger partial charge in [-0.1, -0.05) is 53.8 Å². The standard InChI is InChI=1S/C26H27F3O4Si/c1-17-14-22(10-11-23(17)33-16-25(30)31)34(3,4)24-12-9-21(13-18(24)2)32-15-19-5-7-20(8-6-19)26(27,28)29/h5-14H,15-16H2,1-4H3,(H,30,31). The molecule has 1 N–H and O–H groups in total. The van der Waals surface area contributed by atoms with Gasteiger partial charge < -0.3 is 14.6 Å². The Hall–Kier alpha value is -3.26. The molecule has 8 heteroatoms. The Morgan fingerprint density at radius 1 is 0.912 bits per heavy atom. The third kappa shape index (κ3) is 5.99. The maximum absolute atomic E-state index is 12.7. The Morgan fingerprint density at radius 3 is 2.15 bits per heavy atom. The van der Waals surface area contributed by atoms with Crippen molar-refractivity contribution < 1.29 is 32.5 Å². The monoisotopic (exact) mass is 488 g/mol. The second kappa shape index (κ2) is 9.93. The SMILES string of the molecule is Cc1cc([Si](C)(C)c2ccc(OCc3ccc(C(F)(F)F)cc3)cc2C)ccc1OCC(=O)O. The number of hydrogen-bond acceptors (Lipinski definition) is 3. The van der Waals surface area contributed by atoms with Crippen molar-refractivity contribution >= 4 is 24.4 Å². The van der Waals surface area contributed by atoms with Gasteiger partial charge >= 0.3 is 12.1 Å². The quantitative estimate of drug-likeness (QED) is 0.444. The highest BCUT2D eigenvalue weighted by molar-refractivity contribution is 7.00. The molecule has 34 heavy (non-hydrogen) atoms. The molecule has 0 aliphatic heterocycles. The normalized spacial score (nSPS) is 11.9. The average molecular weight is 489 g/mol. The molecule has 4 nitrogen and oxygen atoms in total. The lowest BCUT2D eigenvalue weighted by Crippen LogP contribution is -2.53. The van der Waals surface area contributed by atoms with Gasteiger partial charge in [0.25, 0.3) is 0 Å². The summed E-state index contributed by atoms with van der Waals surface area (Å²) in [6, 6.07) is 16.7. The van der Waals surface area contributed by atoms with Crippen LogP contribution in [0, 0.1) is 13.8 Å². The number of ether oxygens (including phenoxy) is 2. The number of hydrogen-bond donors (Lipinski definition) is 1. The minimum Gasteiger partial charge on any atom is -0.489 e. The van der Waals surface area contributed by atoms with Gasteiger partial charge in [-0.2, -0.15) is 13.2 Å². The molecule has 0 bridgehead atoms. The molecular weight excluding hydrogens is 461 g/mol. The van der Waals surface area contributed by atoms with Crippen LogP contribution in [0.4, 0.5) is 13.2 Å². The molecule has 0 aliphatic carbocycles. The lowest BCUT2D eigenvalue weighted by molar-refractivity contribution is -0.139. The number of halogens is 3. The highest BCUT2D eigenvalue weighted by Gasteiger charge is 2.30. The summed E-state index contributed by atoms with van der Waals surface area (Å²) >= 11 is 0. The molecule has 3 rings (SSSR count). The largest absolute Gasteiger partial charge is 0.489 e. The molecule has 0 heterocycles. The highest BCUT2D eigenvalue weighted by Crippen LogP contribution is 2.29. The zero-order valence-corrected chi connectivity index (χ0v) is 20.5. The van der Waals surface area contributed by atoms with Crippen LogP contribution in [0.2, 0.25) is 13.1 Å². The van der Waals surface area contributed by atoms with E-state index in [-0.39, 0.29) is 13.2 Å². The Bertz CT molecular complexity index is 1170. The van der Waals surface area contributed by atoms with Gasteiger partial charge in [0.1, 0.15) is 26.2 Å². The van der Waals surface area contributed by atoms with E-state index in [9.17, 15) is 18.0 Å². The Labute approximate surface area is 198 Å². The van der Waals surface area contributed by atoms with Crippen molar-refractivity contribution in [2.24, 2.45) is 0 Å². The van der Waals surface area contributed by atoms with Crippen LogP contribution in [0.25, 0.3) is 0 Å². The summed E-state index contributed by atoms with van der Waals surface area (Å²) in [5.74, 6) is 0.189. The lowest BCUT2D eigenvalue weighted by atomic mass is 10.1. The first-order chi connectivity index (χ1) is 15.9. The minimum absolute atomic E-state index is 0.175. The van der Waals surface area contributed by atoms with Gasteiger partial charge in [-0.25, -0.2) is 4.79 Å². The average Bonchev–Trinajstić information content (AvgIpc) is 2.76. The summed E-state index contributed by atoms with van der Waals surface area (Å²) in [5, 5.41) is 11.2. The molecular formula is C26H27F3O4Si. The second-order valence-corrected chi connectivity index (χ2v) is 13.1. The molecule has 0 aromatic heterocycles. The first kappa shape index (κ1) is 25.4. The maximum atomic E-state index is 12.7. The number of benzene rings is 3. The van der Waals surface area contributed by atoms with Gasteiger partial charge in [-0.05, 0) is 60.9 Å². The molecule has 0 aliphatic rings. The van der Waals surface area contributed by atoms with Gasteiger partial charge in [0.05, 0.1) is 5.56 Å². The van der Waals surface area contributed by atoms with Crippen LogP contribution < -0.4 is 19.8 Å². The highest BCUT2D eigenvalue weighted by atomic mass is 28.3. The molecule has 0 amide bonds. The van der Waals surface area contributed by atoms with E-state index in [0.29, 0.717) is 17.1 Å². The zero-order valence-electron chi connectivity index (χ0n) is 19.5. The van der Waals surface area contributed by atoms with Gasteiger partial charge in [0, 0.05) is 0 Å². The summed E-state index contributed by atoms with van der Waals surface area (Å²) in [6.07, 6.45) is -4.35. The van der Waals surface area contributed by atoms with Crippen molar-refractivity contribution in [1.82, 2.24) is 0 Å². The van der Waals surface area contributed by atoms with Crippen molar-refractivity contribution in [3.63, 3.8) is 0 Å². The van der Waals surface area contributed by atoms with Crippen molar-refractivity contribution in [3.05, 3.63) is 82.9 Å². The molecule has 180 valence electrons. The van der Waals surface area contributed by atoms with Crippen LogP contribution in [0.15, 0.2) is 60.7 Å². The number of carboxylic acids is 1. The van der Waals surface area contributed by atoms with Crippen LogP contribution in [0.1, 0.15) is 22.3 Å². The van der Waals surface area contributed by atoms with Crippen LogP contribution in [-0.4, -0.2) is 25.8 Å². The molecule has 3 aromatic carbocycles. The third-order valence-corrected chi connectivity index (χ3v) is 9.47. The first-order valence-electron chi connectivity index (χ1n) is 10.7. The summed E-state index contributed by atoms with van der Waals surface area (Å²) in [6.45, 7) is 8.19. The van der Waals surface area contributed by atoms with Crippen LogP contribution in [0.3, 0.4) is 0 Å². The molecule has 0 unspecified atom stereocenters. The molecule has 0 atom stereocenters. The fourth-order valence-electron chi connectivity index (χ4n) is 3.88. The number of rotatable bonds is 8. The molecule has 0 saturated heterocycles. The topological polar surface area (TPSA) is 55.8 Å². The summed E-state index contributed by atoms with van der Waals surface area (Å²) in [4.78, 5) is 10.8. The zero-order chi connectivity index (χ0) is 25.1. The van der Waals surface area contributed by atoms with Crippen molar-refractivity contribution in [2.75, 3.05) is 6.61 Å². The lowest BCUT2D eigenvalue weighted by Gasteiger charge is -2.27. The minimum atomic E-state index is -4.35. The Morgan fingerprint density at radius 2 is 1.59 bits per heavy atom. The molecule has 0 radical (unpaired) electrons.